The summed E-state index contributed by atoms with van der Waals surface area (Å²) in [5.74, 6) is 1.24. The van der Waals surface area contributed by atoms with Gasteiger partial charge in [0.2, 0.25) is 0 Å². The number of rotatable bonds is 2. The summed E-state index contributed by atoms with van der Waals surface area (Å²) in [5, 5.41) is 9.71. The van der Waals surface area contributed by atoms with Crippen LogP contribution in [0.5, 0.6) is 5.75 Å². The number of hydrogen-bond acceptors (Lipinski definition) is 4. The topological polar surface area (TPSA) is 53.7 Å². The molecule has 1 N–H and O–H groups in total. The molecule has 1 aliphatic heterocycles. The fourth-order valence-electron chi connectivity index (χ4n) is 3.06. The van der Waals surface area contributed by atoms with Crippen LogP contribution in [0.15, 0.2) is 43.0 Å². The van der Waals surface area contributed by atoms with Gasteiger partial charge < -0.3 is 14.4 Å². The first-order chi connectivity index (χ1) is 10.8. The Labute approximate surface area is 128 Å². The highest BCUT2D eigenvalue weighted by Gasteiger charge is 2.17. The van der Waals surface area contributed by atoms with Crippen molar-refractivity contribution in [1.82, 2.24) is 14.4 Å². The molecule has 3 heterocycles. The number of nitrogens with zero attached hydrogens (tertiary/aromatic N) is 4. The molecule has 1 aliphatic rings. The van der Waals surface area contributed by atoms with E-state index in [2.05, 4.69) is 9.88 Å². The third-order valence-electron chi connectivity index (χ3n) is 4.18. The molecule has 0 saturated carbocycles. The Balaban J connectivity index is 1.86. The largest absolute Gasteiger partial charge is 0.508 e. The average molecular weight is 294 g/mol. The first-order valence-electron chi connectivity index (χ1n) is 7.68. The number of imidazole rings is 1. The number of phenols is 1. The van der Waals surface area contributed by atoms with Crippen LogP contribution in [-0.4, -0.2) is 32.6 Å². The Hall–Kier alpha value is -2.56. The molecule has 5 nitrogen and oxygen atoms in total. The molecule has 3 aromatic rings. The van der Waals surface area contributed by atoms with Crippen LogP contribution in [-0.2, 0) is 0 Å². The predicted molar refractivity (Wildman–Crippen MR) is 86.2 cm³/mol. The SMILES string of the molecule is Oc1cccc(-c2cn3cncc3c(N3CCCCC3)n2)c1. The van der Waals surface area contributed by atoms with Gasteiger partial charge >= 0.3 is 0 Å². The number of aromatic hydroxyl groups is 1. The molecule has 0 radical (unpaired) electrons. The first kappa shape index (κ1) is 13.1. The third-order valence-corrected chi connectivity index (χ3v) is 4.18. The van der Waals surface area contributed by atoms with Crippen molar-refractivity contribution in [2.24, 2.45) is 0 Å². The average Bonchev–Trinajstić information content (AvgIpc) is 3.03. The van der Waals surface area contributed by atoms with Crippen LogP contribution in [0.25, 0.3) is 16.8 Å². The Morgan fingerprint density at radius 3 is 2.77 bits per heavy atom. The minimum absolute atomic E-state index is 0.254. The van der Waals surface area contributed by atoms with Crippen molar-refractivity contribution >= 4 is 11.3 Å². The summed E-state index contributed by atoms with van der Waals surface area (Å²) in [5.41, 5.74) is 2.79. The Bertz CT molecular complexity index is 805. The molecular formula is C17H18N4O. The molecule has 1 fully saturated rings. The lowest BCUT2D eigenvalue weighted by atomic mass is 10.1. The zero-order chi connectivity index (χ0) is 14.9. The number of fused-ring (bicyclic) bond motifs is 1. The molecule has 2 aromatic heterocycles. The Morgan fingerprint density at radius 1 is 1.09 bits per heavy atom. The van der Waals surface area contributed by atoms with Crippen LogP contribution in [0, 0.1) is 0 Å². The van der Waals surface area contributed by atoms with E-state index in [1.54, 1.807) is 18.5 Å². The lowest BCUT2D eigenvalue weighted by Crippen LogP contribution is -2.30. The van der Waals surface area contributed by atoms with E-state index in [0.717, 1.165) is 35.7 Å². The van der Waals surface area contributed by atoms with Gasteiger partial charge in [-0.25, -0.2) is 9.97 Å². The molecule has 1 saturated heterocycles. The van der Waals surface area contributed by atoms with E-state index in [0.29, 0.717) is 0 Å². The second-order valence-electron chi connectivity index (χ2n) is 5.73. The first-order valence-corrected chi connectivity index (χ1v) is 7.68. The van der Waals surface area contributed by atoms with Crippen LogP contribution in [0.4, 0.5) is 5.82 Å². The fraction of sp³-hybridized carbons (Fsp3) is 0.294. The number of benzene rings is 1. The number of anilines is 1. The maximum atomic E-state index is 9.71. The zero-order valence-electron chi connectivity index (χ0n) is 12.3. The van der Waals surface area contributed by atoms with Crippen LogP contribution >= 0.6 is 0 Å². The Kier molecular flexibility index (Phi) is 3.18. The van der Waals surface area contributed by atoms with E-state index in [1.807, 2.05) is 28.9 Å². The van der Waals surface area contributed by atoms with E-state index in [-0.39, 0.29) is 5.75 Å². The van der Waals surface area contributed by atoms with Crippen molar-refractivity contribution in [3.63, 3.8) is 0 Å². The second-order valence-corrected chi connectivity index (χ2v) is 5.73. The summed E-state index contributed by atoms with van der Waals surface area (Å²) in [6.45, 7) is 2.08. The maximum Gasteiger partial charge on any atom is 0.155 e. The van der Waals surface area contributed by atoms with Crippen LogP contribution in [0.2, 0.25) is 0 Å². The molecular weight excluding hydrogens is 276 g/mol. The van der Waals surface area contributed by atoms with Gasteiger partial charge in [-0.15, -0.1) is 0 Å². The quantitative estimate of drug-likeness (QED) is 0.789. The monoisotopic (exact) mass is 294 g/mol. The van der Waals surface area contributed by atoms with Gasteiger partial charge in [-0.2, -0.15) is 0 Å². The summed E-state index contributed by atoms with van der Waals surface area (Å²) in [7, 11) is 0. The fourth-order valence-corrected chi connectivity index (χ4v) is 3.06. The van der Waals surface area contributed by atoms with Crippen LogP contribution in [0.3, 0.4) is 0 Å². The van der Waals surface area contributed by atoms with Gasteiger partial charge in [0.15, 0.2) is 5.82 Å². The van der Waals surface area contributed by atoms with Crippen molar-refractivity contribution < 1.29 is 5.11 Å². The molecule has 1 aromatic carbocycles. The molecule has 0 spiro atoms. The van der Waals surface area contributed by atoms with Crippen molar-refractivity contribution in [3.05, 3.63) is 43.0 Å². The molecule has 5 heteroatoms. The maximum absolute atomic E-state index is 9.71. The number of aromatic nitrogens is 3. The highest BCUT2D eigenvalue weighted by atomic mass is 16.3. The molecule has 22 heavy (non-hydrogen) atoms. The minimum atomic E-state index is 0.254. The van der Waals surface area contributed by atoms with E-state index in [4.69, 9.17) is 4.98 Å². The van der Waals surface area contributed by atoms with E-state index in [1.165, 1.54) is 19.3 Å². The van der Waals surface area contributed by atoms with Gasteiger partial charge in [0, 0.05) is 24.8 Å². The summed E-state index contributed by atoms with van der Waals surface area (Å²) < 4.78 is 2.01. The Morgan fingerprint density at radius 2 is 1.95 bits per heavy atom. The molecule has 112 valence electrons. The van der Waals surface area contributed by atoms with Gasteiger partial charge in [0.25, 0.3) is 0 Å². The van der Waals surface area contributed by atoms with E-state index in [9.17, 15) is 5.11 Å². The molecule has 0 aliphatic carbocycles. The van der Waals surface area contributed by atoms with Gasteiger partial charge in [-0.05, 0) is 31.4 Å². The number of piperidine rings is 1. The highest BCUT2D eigenvalue weighted by molar-refractivity contribution is 5.73. The molecule has 4 rings (SSSR count). The number of hydrogen-bond donors (Lipinski definition) is 1. The number of phenolic OH excluding ortho intramolecular Hbond substituents is 1. The minimum Gasteiger partial charge on any atom is -0.508 e. The van der Waals surface area contributed by atoms with Crippen molar-refractivity contribution in [2.45, 2.75) is 19.3 Å². The van der Waals surface area contributed by atoms with Gasteiger partial charge in [0.05, 0.1) is 18.2 Å². The van der Waals surface area contributed by atoms with Crippen LogP contribution < -0.4 is 4.90 Å². The van der Waals surface area contributed by atoms with Crippen LogP contribution in [0.1, 0.15) is 19.3 Å². The second kappa shape index (κ2) is 5.33. The lowest BCUT2D eigenvalue weighted by molar-refractivity contribution is 0.475. The van der Waals surface area contributed by atoms with Gasteiger partial charge in [0.1, 0.15) is 11.3 Å². The van der Waals surface area contributed by atoms with E-state index >= 15 is 0 Å². The summed E-state index contributed by atoms with van der Waals surface area (Å²) in [6, 6.07) is 7.21. The van der Waals surface area contributed by atoms with E-state index < -0.39 is 0 Å². The summed E-state index contributed by atoms with van der Waals surface area (Å²) in [6.07, 6.45) is 9.33. The zero-order valence-corrected chi connectivity index (χ0v) is 12.3. The standard InChI is InChI=1S/C17H18N4O/c22-14-6-4-5-13(9-14)15-11-21-12-18-10-16(21)17(19-15)20-7-2-1-3-8-20/h4-6,9-12,22H,1-3,7-8H2. The summed E-state index contributed by atoms with van der Waals surface area (Å²) in [4.78, 5) is 11.5. The molecule has 0 atom stereocenters. The van der Waals surface area contributed by atoms with Gasteiger partial charge in [-0.1, -0.05) is 12.1 Å². The molecule has 0 unspecified atom stereocenters. The van der Waals surface area contributed by atoms with Crippen molar-refractivity contribution in [2.75, 3.05) is 18.0 Å². The highest BCUT2D eigenvalue weighted by Crippen LogP contribution is 2.28. The van der Waals surface area contributed by atoms with Gasteiger partial charge in [-0.3, -0.25) is 0 Å². The summed E-state index contributed by atoms with van der Waals surface area (Å²) >= 11 is 0. The normalized spacial score (nSPS) is 15.4. The smallest absolute Gasteiger partial charge is 0.155 e. The molecule has 0 bridgehead atoms. The third kappa shape index (κ3) is 2.28. The molecule has 0 amide bonds. The van der Waals surface area contributed by atoms with Crippen molar-refractivity contribution in [1.29, 1.82) is 0 Å². The van der Waals surface area contributed by atoms with Crippen molar-refractivity contribution in [3.8, 4) is 17.0 Å². The lowest BCUT2D eigenvalue weighted by Gasteiger charge is -2.28. The predicted octanol–water partition coefficient (Wildman–Crippen LogP) is 3.09.